The third-order valence-corrected chi connectivity index (χ3v) is 2.43. The lowest BCUT2D eigenvalue weighted by Crippen LogP contribution is -2.09. The Morgan fingerprint density at radius 1 is 1.44 bits per heavy atom. The standard InChI is InChI=1S/C11H14ClN5O/c1-18-7-11-16-8(12)6-10(17-11)13-3-2-9-14-4-5-15-9/h4-6H,2-3,7H2,1H3,(H,14,15)(H,13,16,17). The smallest absolute Gasteiger partial charge is 0.158 e. The zero-order chi connectivity index (χ0) is 12.8. The molecule has 0 atom stereocenters. The zero-order valence-electron chi connectivity index (χ0n) is 9.98. The second-order valence-electron chi connectivity index (χ2n) is 3.64. The monoisotopic (exact) mass is 267 g/mol. The predicted octanol–water partition coefficient (Wildman–Crippen LogP) is 1.65. The van der Waals surface area contributed by atoms with Crippen LogP contribution in [-0.2, 0) is 17.8 Å². The Hall–Kier alpha value is -1.66. The number of hydrogen-bond donors (Lipinski definition) is 2. The Labute approximate surface area is 110 Å². The van der Waals surface area contributed by atoms with Crippen LogP contribution in [0, 0.1) is 0 Å². The third-order valence-electron chi connectivity index (χ3n) is 2.24. The number of nitrogens with one attached hydrogen (secondary N) is 2. The number of H-pyrrole nitrogens is 1. The lowest BCUT2D eigenvalue weighted by atomic mass is 10.4. The Morgan fingerprint density at radius 2 is 2.33 bits per heavy atom. The van der Waals surface area contributed by atoms with E-state index in [0.717, 1.165) is 12.2 Å². The van der Waals surface area contributed by atoms with Crippen molar-refractivity contribution in [2.24, 2.45) is 0 Å². The molecule has 0 amide bonds. The molecule has 7 heteroatoms. The first-order valence-electron chi connectivity index (χ1n) is 5.52. The molecule has 0 aromatic carbocycles. The fourth-order valence-electron chi connectivity index (χ4n) is 1.49. The van der Waals surface area contributed by atoms with E-state index in [0.29, 0.717) is 29.9 Å². The van der Waals surface area contributed by atoms with Gasteiger partial charge >= 0.3 is 0 Å². The molecule has 0 bridgehead atoms. The molecule has 0 aliphatic rings. The Morgan fingerprint density at radius 3 is 3.06 bits per heavy atom. The molecule has 2 aromatic rings. The third kappa shape index (κ3) is 3.68. The van der Waals surface area contributed by atoms with Gasteiger partial charge in [-0.05, 0) is 0 Å². The van der Waals surface area contributed by atoms with Crippen molar-refractivity contribution < 1.29 is 4.74 Å². The van der Waals surface area contributed by atoms with Crippen LogP contribution in [-0.4, -0.2) is 33.6 Å². The molecule has 0 saturated carbocycles. The van der Waals surface area contributed by atoms with Crippen LogP contribution in [0.25, 0.3) is 0 Å². The van der Waals surface area contributed by atoms with Gasteiger partial charge in [0.15, 0.2) is 5.82 Å². The summed E-state index contributed by atoms with van der Waals surface area (Å²) in [5.74, 6) is 2.18. The second kappa shape index (κ2) is 6.32. The first-order valence-corrected chi connectivity index (χ1v) is 5.90. The van der Waals surface area contributed by atoms with Gasteiger partial charge in [-0.3, -0.25) is 0 Å². The van der Waals surface area contributed by atoms with Gasteiger partial charge in [-0.15, -0.1) is 0 Å². The number of rotatable bonds is 6. The van der Waals surface area contributed by atoms with Crippen molar-refractivity contribution in [3.05, 3.63) is 35.3 Å². The van der Waals surface area contributed by atoms with E-state index in [-0.39, 0.29) is 0 Å². The van der Waals surface area contributed by atoms with E-state index in [1.165, 1.54) is 0 Å². The van der Waals surface area contributed by atoms with Crippen molar-refractivity contribution in [2.75, 3.05) is 19.0 Å². The van der Waals surface area contributed by atoms with Crippen molar-refractivity contribution in [2.45, 2.75) is 13.0 Å². The summed E-state index contributed by atoms with van der Waals surface area (Å²) in [4.78, 5) is 15.5. The molecule has 0 spiro atoms. The highest BCUT2D eigenvalue weighted by molar-refractivity contribution is 6.29. The van der Waals surface area contributed by atoms with E-state index in [9.17, 15) is 0 Å². The fourth-order valence-corrected chi connectivity index (χ4v) is 1.69. The highest BCUT2D eigenvalue weighted by Crippen LogP contribution is 2.12. The number of halogens is 1. The van der Waals surface area contributed by atoms with Crippen LogP contribution in [0.15, 0.2) is 18.5 Å². The van der Waals surface area contributed by atoms with Crippen molar-refractivity contribution in [1.29, 1.82) is 0 Å². The maximum absolute atomic E-state index is 5.90. The maximum Gasteiger partial charge on any atom is 0.158 e. The van der Waals surface area contributed by atoms with Gasteiger partial charge in [0, 0.05) is 38.5 Å². The highest BCUT2D eigenvalue weighted by atomic mass is 35.5. The van der Waals surface area contributed by atoms with Gasteiger partial charge in [-0.25, -0.2) is 15.0 Å². The molecule has 0 saturated heterocycles. The second-order valence-corrected chi connectivity index (χ2v) is 4.03. The molecule has 0 aliphatic heterocycles. The number of aromatic nitrogens is 4. The van der Waals surface area contributed by atoms with Gasteiger partial charge in [-0.1, -0.05) is 11.6 Å². The molecule has 0 unspecified atom stereocenters. The molecule has 6 nitrogen and oxygen atoms in total. The Bertz CT molecular complexity index is 488. The fraction of sp³-hybridized carbons (Fsp3) is 0.364. The van der Waals surface area contributed by atoms with Crippen LogP contribution < -0.4 is 5.32 Å². The number of methoxy groups -OCH3 is 1. The molecule has 18 heavy (non-hydrogen) atoms. The van der Waals surface area contributed by atoms with Crippen LogP contribution in [0.3, 0.4) is 0 Å². The van der Waals surface area contributed by atoms with Crippen molar-refractivity contribution in [1.82, 2.24) is 19.9 Å². The lowest BCUT2D eigenvalue weighted by Gasteiger charge is -2.06. The maximum atomic E-state index is 5.90. The van der Waals surface area contributed by atoms with Gasteiger partial charge in [0.2, 0.25) is 0 Å². The van der Waals surface area contributed by atoms with Crippen molar-refractivity contribution >= 4 is 17.4 Å². The topological polar surface area (TPSA) is 75.7 Å². The predicted molar refractivity (Wildman–Crippen MR) is 68.5 cm³/mol. The molecule has 2 N–H and O–H groups in total. The average molecular weight is 268 g/mol. The normalized spacial score (nSPS) is 10.6. The molecular formula is C11H14ClN5O. The minimum absolute atomic E-state index is 0.341. The Kier molecular flexibility index (Phi) is 4.49. The summed E-state index contributed by atoms with van der Waals surface area (Å²) in [5, 5.41) is 3.57. The number of imidazole rings is 1. The number of anilines is 1. The van der Waals surface area contributed by atoms with Crippen LogP contribution in [0.1, 0.15) is 11.6 Å². The molecular weight excluding hydrogens is 254 g/mol. The number of aromatic amines is 1. The summed E-state index contributed by atoms with van der Waals surface area (Å²) in [5.41, 5.74) is 0. The molecule has 0 aliphatic carbocycles. The number of ether oxygens (including phenoxy) is 1. The SMILES string of the molecule is COCc1nc(Cl)cc(NCCc2ncc[nH]2)n1. The lowest BCUT2D eigenvalue weighted by molar-refractivity contribution is 0.178. The van der Waals surface area contributed by atoms with Gasteiger partial charge in [0.25, 0.3) is 0 Å². The van der Waals surface area contributed by atoms with E-state index in [1.54, 1.807) is 25.6 Å². The summed E-state index contributed by atoms with van der Waals surface area (Å²) >= 11 is 5.90. The first-order chi connectivity index (χ1) is 8.78. The van der Waals surface area contributed by atoms with Crippen molar-refractivity contribution in [3.63, 3.8) is 0 Å². The quantitative estimate of drug-likeness (QED) is 0.779. The van der Waals surface area contributed by atoms with Gasteiger partial charge in [-0.2, -0.15) is 0 Å². The summed E-state index contributed by atoms with van der Waals surface area (Å²) < 4.78 is 4.97. The molecule has 2 heterocycles. The van der Waals surface area contributed by atoms with Gasteiger partial charge in [0.05, 0.1) is 0 Å². The van der Waals surface area contributed by atoms with Crippen LogP contribution >= 0.6 is 11.6 Å². The van der Waals surface area contributed by atoms with Crippen molar-refractivity contribution in [3.8, 4) is 0 Å². The van der Waals surface area contributed by atoms with E-state index < -0.39 is 0 Å². The van der Waals surface area contributed by atoms with E-state index in [1.807, 2.05) is 0 Å². The van der Waals surface area contributed by atoms with E-state index in [2.05, 4.69) is 25.3 Å². The summed E-state index contributed by atoms with van der Waals surface area (Å²) in [6.45, 7) is 1.06. The Balaban J connectivity index is 1.92. The zero-order valence-corrected chi connectivity index (χ0v) is 10.7. The van der Waals surface area contributed by atoms with E-state index >= 15 is 0 Å². The van der Waals surface area contributed by atoms with Crippen LogP contribution in [0.5, 0.6) is 0 Å². The first kappa shape index (κ1) is 12.8. The van der Waals surface area contributed by atoms with Gasteiger partial charge < -0.3 is 15.0 Å². The highest BCUT2D eigenvalue weighted by Gasteiger charge is 2.03. The largest absolute Gasteiger partial charge is 0.377 e. The average Bonchev–Trinajstić information content (AvgIpc) is 2.82. The molecule has 2 aromatic heterocycles. The van der Waals surface area contributed by atoms with Gasteiger partial charge in [0.1, 0.15) is 23.4 Å². The minimum atomic E-state index is 0.341. The molecule has 0 fully saturated rings. The number of hydrogen-bond acceptors (Lipinski definition) is 5. The summed E-state index contributed by atoms with van der Waals surface area (Å²) in [6.07, 6.45) is 4.31. The summed E-state index contributed by atoms with van der Waals surface area (Å²) in [6, 6.07) is 1.68. The van der Waals surface area contributed by atoms with Crippen LogP contribution in [0.2, 0.25) is 5.15 Å². The van der Waals surface area contributed by atoms with E-state index in [4.69, 9.17) is 16.3 Å². The molecule has 2 rings (SSSR count). The summed E-state index contributed by atoms with van der Waals surface area (Å²) in [7, 11) is 1.59. The molecule has 0 radical (unpaired) electrons. The molecule has 96 valence electrons. The minimum Gasteiger partial charge on any atom is -0.377 e. The van der Waals surface area contributed by atoms with Crippen LogP contribution in [0.4, 0.5) is 5.82 Å². The number of nitrogens with zero attached hydrogens (tertiary/aromatic N) is 3.